The molecular formula is C17H18N2O4S. The number of ether oxygens (including phenoxy) is 1. The van der Waals surface area contributed by atoms with Crippen LogP contribution >= 0.6 is 0 Å². The van der Waals surface area contributed by atoms with Crippen molar-refractivity contribution < 1.29 is 17.9 Å². The van der Waals surface area contributed by atoms with Gasteiger partial charge in [-0.3, -0.25) is 9.52 Å². The summed E-state index contributed by atoms with van der Waals surface area (Å²) in [6.45, 7) is 1.37. The molecule has 2 N–H and O–H groups in total. The summed E-state index contributed by atoms with van der Waals surface area (Å²) in [4.78, 5) is 11.1. The van der Waals surface area contributed by atoms with Gasteiger partial charge in [0.05, 0.1) is 18.2 Å². The first-order chi connectivity index (χ1) is 11.4. The van der Waals surface area contributed by atoms with Crippen LogP contribution in [0.2, 0.25) is 0 Å². The Labute approximate surface area is 141 Å². The minimum Gasteiger partial charge on any atom is -0.495 e. The highest BCUT2D eigenvalue weighted by atomic mass is 32.2. The van der Waals surface area contributed by atoms with Crippen LogP contribution < -0.4 is 14.8 Å². The Balaban J connectivity index is 2.24. The fraction of sp³-hybridized carbons (Fsp3) is 0.118. The molecule has 1 amide bonds. The third kappa shape index (κ3) is 5.13. The third-order valence-electron chi connectivity index (χ3n) is 3.01. The fourth-order valence-corrected chi connectivity index (χ4v) is 2.86. The van der Waals surface area contributed by atoms with Crippen molar-refractivity contribution in [1.29, 1.82) is 0 Å². The van der Waals surface area contributed by atoms with Gasteiger partial charge in [0, 0.05) is 12.6 Å². The van der Waals surface area contributed by atoms with Crippen LogP contribution in [-0.2, 0) is 14.8 Å². The van der Waals surface area contributed by atoms with Crippen molar-refractivity contribution in [3.05, 3.63) is 59.5 Å². The van der Waals surface area contributed by atoms with Crippen molar-refractivity contribution in [2.75, 3.05) is 17.1 Å². The maximum Gasteiger partial charge on any atom is 0.255 e. The quantitative estimate of drug-likeness (QED) is 0.842. The first-order valence-electron chi connectivity index (χ1n) is 7.11. The summed E-state index contributed by atoms with van der Waals surface area (Å²) in [7, 11) is -2.30. The molecule has 0 saturated carbocycles. The van der Waals surface area contributed by atoms with Crippen LogP contribution in [0.3, 0.4) is 0 Å². The van der Waals surface area contributed by atoms with Gasteiger partial charge in [0.15, 0.2) is 0 Å². The molecular weight excluding hydrogens is 328 g/mol. The Morgan fingerprint density at radius 1 is 1.12 bits per heavy atom. The second-order valence-electron chi connectivity index (χ2n) is 4.96. The molecule has 0 bridgehead atoms. The van der Waals surface area contributed by atoms with E-state index in [0.717, 1.165) is 11.0 Å². The normalized spacial score (nSPS) is 11.2. The van der Waals surface area contributed by atoms with Gasteiger partial charge in [0.25, 0.3) is 10.0 Å². The molecule has 0 saturated heterocycles. The zero-order valence-corrected chi connectivity index (χ0v) is 14.1. The van der Waals surface area contributed by atoms with Gasteiger partial charge in [-0.1, -0.05) is 30.3 Å². The molecule has 2 rings (SSSR count). The summed E-state index contributed by atoms with van der Waals surface area (Å²) >= 11 is 0. The average Bonchev–Trinajstić information content (AvgIpc) is 2.53. The number of benzene rings is 2. The van der Waals surface area contributed by atoms with E-state index < -0.39 is 10.0 Å². The number of amides is 1. The first kappa shape index (κ1) is 17.6. The predicted octanol–water partition coefficient (Wildman–Crippen LogP) is 3.07. The standard InChI is InChI=1S/C17H18N2O4S/c1-13(20)18-15-8-9-17(23-2)16(12-15)19-24(21,22)11-10-14-6-4-3-5-7-14/h3-12,19H,1-2H3,(H,18,20). The molecule has 0 spiro atoms. The van der Waals surface area contributed by atoms with Crippen LogP contribution in [0.15, 0.2) is 53.9 Å². The van der Waals surface area contributed by atoms with E-state index in [1.54, 1.807) is 24.3 Å². The van der Waals surface area contributed by atoms with Crippen LogP contribution in [0.4, 0.5) is 11.4 Å². The lowest BCUT2D eigenvalue weighted by molar-refractivity contribution is -0.114. The Morgan fingerprint density at radius 3 is 2.46 bits per heavy atom. The lowest BCUT2D eigenvalue weighted by Crippen LogP contribution is -2.11. The number of methoxy groups -OCH3 is 1. The summed E-state index contributed by atoms with van der Waals surface area (Å²) in [6, 6.07) is 13.8. The lowest BCUT2D eigenvalue weighted by atomic mass is 10.2. The number of hydrogen-bond acceptors (Lipinski definition) is 4. The van der Waals surface area contributed by atoms with Gasteiger partial charge < -0.3 is 10.1 Å². The van der Waals surface area contributed by atoms with E-state index in [4.69, 9.17) is 4.74 Å². The van der Waals surface area contributed by atoms with Gasteiger partial charge in [-0.2, -0.15) is 0 Å². The van der Waals surface area contributed by atoms with Crippen LogP contribution in [-0.4, -0.2) is 21.4 Å². The van der Waals surface area contributed by atoms with Crippen molar-refractivity contribution in [3.63, 3.8) is 0 Å². The van der Waals surface area contributed by atoms with E-state index in [2.05, 4.69) is 10.0 Å². The highest BCUT2D eigenvalue weighted by molar-refractivity contribution is 7.95. The largest absolute Gasteiger partial charge is 0.495 e. The van der Waals surface area contributed by atoms with E-state index in [-0.39, 0.29) is 11.6 Å². The summed E-state index contributed by atoms with van der Waals surface area (Å²) in [5, 5.41) is 3.67. The molecule has 6 nitrogen and oxygen atoms in total. The number of carbonyl (C=O) groups is 1. The highest BCUT2D eigenvalue weighted by Gasteiger charge is 2.12. The molecule has 7 heteroatoms. The van der Waals surface area contributed by atoms with Gasteiger partial charge in [0.2, 0.25) is 5.91 Å². The van der Waals surface area contributed by atoms with E-state index in [9.17, 15) is 13.2 Å². The zero-order valence-electron chi connectivity index (χ0n) is 13.3. The van der Waals surface area contributed by atoms with Gasteiger partial charge in [-0.05, 0) is 29.8 Å². The number of rotatable bonds is 6. The Hall–Kier alpha value is -2.80. The Morgan fingerprint density at radius 2 is 1.83 bits per heavy atom. The predicted molar refractivity (Wildman–Crippen MR) is 95.3 cm³/mol. The second-order valence-corrected chi connectivity index (χ2v) is 6.52. The van der Waals surface area contributed by atoms with Crippen molar-refractivity contribution in [1.82, 2.24) is 0 Å². The Bertz CT molecular complexity index is 846. The van der Waals surface area contributed by atoms with Crippen LogP contribution in [0.1, 0.15) is 12.5 Å². The summed E-state index contributed by atoms with van der Waals surface area (Å²) in [5.41, 5.74) is 1.47. The van der Waals surface area contributed by atoms with Gasteiger partial charge in [0.1, 0.15) is 5.75 Å². The molecule has 0 heterocycles. The number of sulfonamides is 1. The highest BCUT2D eigenvalue weighted by Crippen LogP contribution is 2.29. The van der Waals surface area contributed by atoms with Crippen molar-refractivity contribution >= 4 is 33.4 Å². The van der Waals surface area contributed by atoms with Crippen molar-refractivity contribution in [2.24, 2.45) is 0 Å². The maximum absolute atomic E-state index is 12.2. The minimum absolute atomic E-state index is 0.237. The molecule has 2 aromatic rings. The third-order valence-corrected chi connectivity index (χ3v) is 4.01. The van der Waals surface area contributed by atoms with Gasteiger partial charge in [-0.15, -0.1) is 0 Å². The maximum atomic E-state index is 12.2. The molecule has 126 valence electrons. The Kier molecular flexibility index (Phi) is 5.59. The smallest absolute Gasteiger partial charge is 0.255 e. The van der Waals surface area contributed by atoms with Gasteiger partial charge in [-0.25, -0.2) is 8.42 Å². The summed E-state index contributed by atoms with van der Waals surface area (Å²) < 4.78 is 32.0. The average molecular weight is 346 g/mol. The summed E-state index contributed by atoms with van der Waals surface area (Å²) in [6.07, 6.45) is 1.49. The van der Waals surface area contributed by atoms with E-state index >= 15 is 0 Å². The lowest BCUT2D eigenvalue weighted by Gasteiger charge is -2.12. The molecule has 2 aromatic carbocycles. The fourth-order valence-electron chi connectivity index (χ4n) is 1.99. The van der Waals surface area contributed by atoms with Crippen molar-refractivity contribution in [3.8, 4) is 5.75 Å². The summed E-state index contributed by atoms with van der Waals surface area (Å²) in [5.74, 6) is 0.0961. The molecule has 24 heavy (non-hydrogen) atoms. The molecule has 0 aliphatic rings. The number of nitrogens with one attached hydrogen (secondary N) is 2. The van der Waals surface area contributed by atoms with Crippen LogP contribution in [0, 0.1) is 0 Å². The molecule has 0 fully saturated rings. The topological polar surface area (TPSA) is 84.5 Å². The van der Waals surface area contributed by atoms with E-state index in [1.807, 2.05) is 18.2 Å². The van der Waals surface area contributed by atoms with E-state index in [1.165, 1.54) is 26.2 Å². The minimum atomic E-state index is -3.73. The number of anilines is 2. The van der Waals surface area contributed by atoms with Crippen LogP contribution in [0.5, 0.6) is 5.75 Å². The van der Waals surface area contributed by atoms with E-state index in [0.29, 0.717) is 11.4 Å². The molecule has 0 aliphatic carbocycles. The second kappa shape index (κ2) is 7.65. The molecule has 0 aliphatic heterocycles. The number of carbonyl (C=O) groups excluding carboxylic acids is 1. The zero-order chi connectivity index (χ0) is 17.6. The number of hydrogen-bond donors (Lipinski definition) is 2. The molecule has 0 unspecified atom stereocenters. The first-order valence-corrected chi connectivity index (χ1v) is 8.66. The van der Waals surface area contributed by atoms with Crippen molar-refractivity contribution in [2.45, 2.75) is 6.92 Å². The molecule has 0 atom stereocenters. The van der Waals surface area contributed by atoms with Crippen LogP contribution in [0.25, 0.3) is 6.08 Å². The monoisotopic (exact) mass is 346 g/mol. The SMILES string of the molecule is COc1ccc(NC(C)=O)cc1NS(=O)(=O)C=Cc1ccccc1. The molecule has 0 radical (unpaired) electrons. The molecule has 0 aromatic heterocycles. The van der Waals surface area contributed by atoms with Gasteiger partial charge >= 0.3 is 0 Å².